The van der Waals surface area contributed by atoms with Crippen molar-refractivity contribution < 1.29 is 9.15 Å². The van der Waals surface area contributed by atoms with Gasteiger partial charge < -0.3 is 14.5 Å². The van der Waals surface area contributed by atoms with Gasteiger partial charge in [-0.15, -0.1) is 0 Å². The van der Waals surface area contributed by atoms with E-state index in [-0.39, 0.29) is 6.23 Å². The van der Waals surface area contributed by atoms with Crippen LogP contribution in [0.25, 0.3) is 77.5 Å². The second-order valence-corrected chi connectivity index (χ2v) is 12.0. The van der Waals surface area contributed by atoms with Crippen molar-refractivity contribution in [1.82, 2.24) is 10.3 Å². The van der Waals surface area contributed by atoms with Crippen LogP contribution in [-0.4, -0.2) is 4.98 Å². The van der Waals surface area contributed by atoms with E-state index >= 15 is 0 Å². The summed E-state index contributed by atoms with van der Waals surface area (Å²) in [6.07, 6.45) is 6.65. The van der Waals surface area contributed by atoms with Crippen LogP contribution in [0.3, 0.4) is 0 Å². The Kier molecular flexibility index (Phi) is 6.83. The van der Waals surface area contributed by atoms with Crippen molar-refractivity contribution in [2.75, 3.05) is 0 Å². The van der Waals surface area contributed by atoms with Crippen LogP contribution >= 0.6 is 0 Å². The van der Waals surface area contributed by atoms with Gasteiger partial charge in [0, 0.05) is 17.3 Å². The lowest BCUT2D eigenvalue weighted by Crippen LogP contribution is -2.11. The van der Waals surface area contributed by atoms with E-state index in [1.807, 2.05) is 12.3 Å². The number of hydrogen-bond acceptors (Lipinski definition) is 4. The molecule has 0 aliphatic carbocycles. The van der Waals surface area contributed by atoms with Gasteiger partial charge in [-0.25, -0.2) is 4.98 Å². The van der Waals surface area contributed by atoms with Crippen molar-refractivity contribution in [1.29, 1.82) is 0 Å². The molecule has 0 saturated heterocycles. The van der Waals surface area contributed by atoms with E-state index in [4.69, 9.17) is 9.15 Å². The molecule has 0 saturated carbocycles. The quantitative estimate of drug-likeness (QED) is 0.188. The maximum atomic E-state index is 5.84. The van der Waals surface area contributed by atoms with Crippen LogP contribution in [0.1, 0.15) is 11.8 Å². The zero-order valence-electron chi connectivity index (χ0n) is 26.0. The van der Waals surface area contributed by atoms with Crippen molar-refractivity contribution in [3.63, 3.8) is 0 Å². The van der Waals surface area contributed by atoms with Gasteiger partial charge >= 0.3 is 0 Å². The minimum Gasteiger partial charge on any atom is -0.473 e. The molecule has 4 heteroatoms. The van der Waals surface area contributed by atoms with Crippen molar-refractivity contribution >= 4 is 21.5 Å². The van der Waals surface area contributed by atoms with Crippen LogP contribution in [0.15, 0.2) is 175 Å². The van der Waals surface area contributed by atoms with Crippen LogP contribution in [0.4, 0.5) is 0 Å². The first-order valence-electron chi connectivity index (χ1n) is 16.1. The molecule has 7 aromatic carbocycles. The van der Waals surface area contributed by atoms with Gasteiger partial charge in [0.2, 0.25) is 5.89 Å². The zero-order chi connectivity index (χ0) is 31.9. The highest BCUT2D eigenvalue weighted by Gasteiger charge is 2.20. The number of rotatable bonds is 6. The third-order valence-corrected chi connectivity index (χ3v) is 9.19. The molecule has 1 unspecified atom stereocenters. The number of oxazole rings is 1. The highest BCUT2D eigenvalue weighted by Crippen LogP contribution is 2.45. The number of benzene rings is 7. The van der Waals surface area contributed by atoms with Crippen molar-refractivity contribution in [3.8, 4) is 56.0 Å². The Morgan fingerprint density at radius 2 is 1.08 bits per heavy atom. The molecule has 2 heterocycles. The molecule has 1 aliphatic heterocycles. The molecule has 48 heavy (non-hydrogen) atoms. The van der Waals surface area contributed by atoms with Gasteiger partial charge in [0.15, 0.2) is 6.23 Å². The van der Waals surface area contributed by atoms with E-state index in [0.29, 0.717) is 5.89 Å². The zero-order valence-corrected chi connectivity index (χ0v) is 26.0. The van der Waals surface area contributed by atoms with Crippen molar-refractivity contribution in [3.05, 3.63) is 176 Å². The SMILES string of the molecule is C1=COC(c2cccc(-c3c4ccccc4c(-c4cccc(-c5ncco5)c4)c4ccc(-c5ccc(-c6ccccc6)cc5)cc34)c2)N1. The largest absolute Gasteiger partial charge is 0.473 e. The molecule has 1 N–H and O–H groups in total. The fourth-order valence-electron chi connectivity index (χ4n) is 6.96. The number of aromatic nitrogens is 1. The average Bonchev–Trinajstić information content (AvgIpc) is 3.90. The predicted molar refractivity (Wildman–Crippen MR) is 195 cm³/mol. The number of ether oxygens (including phenoxy) is 1. The number of nitrogens with one attached hydrogen (secondary N) is 1. The molecule has 1 atom stereocenters. The fourth-order valence-corrected chi connectivity index (χ4v) is 6.96. The summed E-state index contributed by atoms with van der Waals surface area (Å²) < 4.78 is 11.5. The van der Waals surface area contributed by atoms with E-state index in [0.717, 1.165) is 22.3 Å². The minimum absolute atomic E-state index is 0.210. The van der Waals surface area contributed by atoms with Gasteiger partial charge in [0.05, 0.1) is 6.20 Å². The lowest BCUT2D eigenvalue weighted by Gasteiger charge is -2.20. The molecule has 4 nitrogen and oxygen atoms in total. The minimum atomic E-state index is -0.210. The smallest absolute Gasteiger partial charge is 0.225 e. The Hall–Kier alpha value is -6.39. The Morgan fingerprint density at radius 3 is 1.81 bits per heavy atom. The summed E-state index contributed by atoms with van der Waals surface area (Å²) in [6.45, 7) is 0. The summed E-state index contributed by atoms with van der Waals surface area (Å²) in [6, 6.07) is 52.2. The average molecular weight is 619 g/mol. The lowest BCUT2D eigenvalue weighted by molar-refractivity contribution is 0.155. The number of fused-ring (bicyclic) bond motifs is 2. The molecule has 0 radical (unpaired) electrons. The maximum Gasteiger partial charge on any atom is 0.225 e. The normalized spacial score (nSPS) is 13.9. The highest BCUT2D eigenvalue weighted by atomic mass is 16.5. The van der Waals surface area contributed by atoms with Crippen molar-refractivity contribution in [2.24, 2.45) is 0 Å². The van der Waals surface area contributed by atoms with Gasteiger partial charge in [-0.2, -0.15) is 0 Å². The summed E-state index contributed by atoms with van der Waals surface area (Å²) >= 11 is 0. The highest BCUT2D eigenvalue weighted by molar-refractivity contribution is 6.22. The Morgan fingerprint density at radius 1 is 0.479 bits per heavy atom. The van der Waals surface area contributed by atoms with E-state index in [2.05, 4.69) is 150 Å². The molecule has 1 aliphatic rings. The lowest BCUT2D eigenvalue weighted by atomic mass is 9.84. The molecule has 0 spiro atoms. The second kappa shape index (κ2) is 11.8. The second-order valence-electron chi connectivity index (χ2n) is 12.0. The summed E-state index contributed by atoms with van der Waals surface area (Å²) in [5.41, 5.74) is 11.4. The van der Waals surface area contributed by atoms with Crippen LogP contribution in [0.5, 0.6) is 0 Å². The van der Waals surface area contributed by atoms with Crippen LogP contribution in [0.2, 0.25) is 0 Å². The third kappa shape index (κ3) is 4.91. The first kappa shape index (κ1) is 27.9. The molecule has 228 valence electrons. The first-order valence-corrected chi connectivity index (χ1v) is 16.1. The van der Waals surface area contributed by atoms with Gasteiger partial charge in [0.1, 0.15) is 12.5 Å². The summed E-state index contributed by atoms with van der Waals surface area (Å²) in [4.78, 5) is 4.42. The molecule has 0 amide bonds. The molecule has 0 fully saturated rings. The molecule has 9 rings (SSSR count). The molecular weight excluding hydrogens is 588 g/mol. The number of nitrogens with zero attached hydrogens (tertiary/aromatic N) is 1. The van der Waals surface area contributed by atoms with Crippen molar-refractivity contribution in [2.45, 2.75) is 6.23 Å². The maximum absolute atomic E-state index is 5.84. The van der Waals surface area contributed by atoms with Crippen LogP contribution in [0, 0.1) is 0 Å². The van der Waals surface area contributed by atoms with Crippen LogP contribution < -0.4 is 5.32 Å². The van der Waals surface area contributed by atoms with E-state index in [1.54, 1.807) is 18.7 Å². The summed E-state index contributed by atoms with van der Waals surface area (Å²) in [7, 11) is 0. The summed E-state index contributed by atoms with van der Waals surface area (Å²) in [5, 5.41) is 8.05. The monoisotopic (exact) mass is 618 g/mol. The molecule has 1 aromatic heterocycles. The molecule has 8 aromatic rings. The summed E-state index contributed by atoms with van der Waals surface area (Å²) in [5.74, 6) is 0.609. The van der Waals surface area contributed by atoms with Gasteiger partial charge in [0.25, 0.3) is 0 Å². The van der Waals surface area contributed by atoms with Gasteiger partial charge in [-0.05, 0) is 90.3 Å². The van der Waals surface area contributed by atoms with E-state index in [9.17, 15) is 0 Å². The van der Waals surface area contributed by atoms with Gasteiger partial charge in [-0.1, -0.05) is 121 Å². The number of hydrogen-bond donors (Lipinski definition) is 1. The Bertz CT molecular complexity index is 2440. The molecule has 0 bridgehead atoms. The topological polar surface area (TPSA) is 47.3 Å². The van der Waals surface area contributed by atoms with E-state index in [1.165, 1.54) is 54.9 Å². The van der Waals surface area contributed by atoms with E-state index < -0.39 is 0 Å². The first-order chi connectivity index (χ1) is 23.8. The fraction of sp³-hybridized carbons (Fsp3) is 0.0227. The predicted octanol–water partition coefficient (Wildman–Crippen LogP) is 11.4. The molecular formula is C44H30N2O2. The Labute approximate surface area is 278 Å². The van der Waals surface area contributed by atoms with Gasteiger partial charge in [-0.3, -0.25) is 0 Å². The third-order valence-electron chi connectivity index (χ3n) is 9.19. The standard InChI is InChI=1S/C44H30N2O2/c1-2-8-29(9-3-1)30-16-18-31(19-17-30)32-20-21-39-40(28-32)42(34-11-7-13-36(27-34)44-46-23-25-48-44)38-15-5-4-14-37(38)41(39)33-10-6-12-35(26-33)43-45-22-24-47-43/h1-28,44,46H. The Balaban J connectivity index is 1.29. The van der Waals surface area contributed by atoms with Crippen LogP contribution in [-0.2, 0) is 4.74 Å².